The Morgan fingerprint density at radius 1 is 1.67 bits per heavy atom. The molecule has 0 aromatic heterocycles. The summed E-state index contributed by atoms with van der Waals surface area (Å²) in [6.45, 7) is 8.08. The smallest absolute Gasteiger partial charge is 0.146 e. The van der Waals surface area contributed by atoms with Crippen LogP contribution in [0.2, 0.25) is 0 Å². The van der Waals surface area contributed by atoms with Gasteiger partial charge in [0.25, 0.3) is 0 Å². The molecule has 1 fully saturated rings. The van der Waals surface area contributed by atoms with Crippen LogP contribution in [0, 0.1) is 0 Å². The quantitative estimate of drug-likeness (QED) is 0.612. The van der Waals surface area contributed by atoms with Gasteiger partial charge in [0.2, 0.25) is 0 Å². The van der Waals surface area contributed by atoms with E-state index in [2.05, 4.69) is 11.8 Å². The minimum atomic E-state index is 0.0453. The van der Waals surface area contributed by atoms with Crippen LogP contribution < -0.4 is 0 Å². The molecule has 0 amide bonds. The Balaban J connectivity index is 2.53. The van der Waals surface area contributed by atoms with Crippen molar-refractivity contribution in [2.24, 2.45) is 0 Å². The summed E-state index contributed by atoms with van der Waals surface area (Å²) in [5.74, 6) is 0.240. The first-order valence-corrected chi connectivity index (χ1v) is 4.47. The molecule has 1 aliphatic heterocycles. The highest BCUT2D eigenvalue weighted by Crippen LogP contribution is 2.10. The maximum atomic E-state index is 11.1. The van der Waals surface area contributed by atoms with E-state index < -0.39 is 0 Å². The molecule has 2 unspecified atom stereocenters. The summed E-state index contributed by atoms with van der Waals surface area (Å²) >= 11 is 0. The molecule has 1 heterocycles. The highest BCUT2D eigenvalue weighted by molar-refractivity contribution is 5.81. The first-order valence-electron chi connectivity index (χ1n) is 4.47. The van der Waals surface area contributed by atoms with Gasteiger partial charge < -0.3 is 4.74 Å². The lowest BCUT2D eigenvalue weighted by Gasteiger charge is -2.36. The van der Waals surface area contributed by atoms with Crippen LogP contribution in [0.25, 0.3) is 0 Å². The van der Waals surface area contributed by atoms with E-state index >= 15 is 0 Å². The molecular weight excluding hydrogens is 154 g/mol. The van der Waals surface area contributed by atoms with Crippen molar-refractivity contribution in [2.75, 3.05) is 19.8 Å². The van der Waals surface area contributed by atoms with Gasteiger partial charge in [-0.2, -0.15) is 0 Å². The summed E-state index contributed by atoms with van der Waals surface area (Å²) in [4.78, 5) is 13.3. The van der Waals surface area contributed by atoms with Gasteiger partial charge in [0, 0.05) is 12.6 Å². The number of carbonyl (C=O) groups is 1. The molecule has 1 aliphatic rings. The van der Waals surface area contributed by atoms with Gasteiger partial charge >= 0.3 is 0 Å². The van der Waals surface area contributed by atoms with Crippen molar-refractivity contribution in [3.05, 3.63) is 0 Å². The van der Waals surface area contributed by atoms with Crippen molar-refractivity contribution >= 4 is 5.78 Å². The molecule has 1 saturated heterocycles. The Morgan fingerprint density at radius 3 is 2.83 bits per heavy atom. The molecule has 0 N–H and O–H groups in total. The molecule has 0 radical (unpaired) electrons. The zero-order valence-electron chi connectivity index (χ0n) is 8.04. The maximum Gasteiger partial charge on any atom is 0.146 e. The number of hydrogen-bond acceptors (Lipinski definition) is 3. The van der Waals surface area contributed by atoms with Gasteiger partial charge in [0.1, 0.15) is 5.78 Å². The van der Waals surface area contributed by atoms with Crippen LogP contribution >= 0.6 is 0 Å². The molecule has 0 aromatic rings. The van der Waals surface area contributed by atoms with Crippen LogP contribution in [-0.4, -0.2) is 42.5 Å². The third kappa shape index (κ3) is 2.05. The van der Waals surface area contributed by atoms with Crippen LogP contribution in [-0.2, 0) is 9.53 Å². The Bertz CT molecular complexity index is 170. The van der Waals surface area contributed by atoms with Gasteiger partial charge in [-0.05, 0) is 20.8 Å². The first kappa shape index (κ1) is 9.68. The minimum absolute atomic E-state index is 0.0453. The molecule has 2 atom stereocenters. The van der Waals surface area contributed by atoms with E-state index in [1.54, 1.807) is 6.92 Å². The topological polar surface area (TPSA) is 29.5 Å². The van der Waals surface area contributed by atoms with Crippen LogP contribution in [0.15, 0.2) is 0 Å². The molecule has 0 aliphatic carbocycles. The van der Waals surface area contributed by atoms with Crippen molar-refractivity contribution in [2.45, 2.75) is 32.9 Å². The second kappa shape index (κ2) is 4.01. The number of morpholine rings is 1. The minimum Gasteiger partial charge on any atom is -0.379 e. The molecule has 0 bridgehead atoms. The summed E-state index contributed by atoms with van der Waals surface area (Å²) < 4.78 is 5.29. The number of nitrogens with zero attached hydrogens (tertiary/aromatic N) is 1. The summed E-state index contributed by atoms with van der Waals surface area (Å²) in [5, 5.41) is 0. The Kier molecular flexibility index (Phi) is 3.23. The van der Waals surface area contributed by atoms with Crippen molar-refractivity contribution in [1.82, 2.24) is 4.90 Å². The predicted molar refractivity (Wildman–Crippen MR) is 47.1 cm³/mol. The van der Waals surface area contributed by atoms with E-state index in [4.69, 9.17) is 4.74 Å². The Labute approximate surface area is 73.7 Å². The average Bonchev–Trinajstić information content (AvgIpc) is 2.04. The van der Waals surface area contributed by atoms with Crippen LogP contribution in [0.5, 0.6) is 0 Å². The summed E-state index contributed by atoms with van der Waals surface area (Å²) in [5.41, 5.74) is 0. The SMILES string of the molecule is CC(=O)C(C)N1CCOCC1C. The molecule has 70 valence electrons. The zero-order valence-corrected chi connectivity index (χ0v) is 8.04. The number of carbonyl (C=O) groups excluding carboxylic acids is 1. The lowest BCUT2D eigenvalue weighted by atomic mass is 10.1. The molecule has 3 nitrogen and oxygen atoms in total. The second-order valence-corrected chi connectivity index (χ2v) is 3.45. The second-order valence-electron chi connectivity index (χ2n) is 3.45. The summed E-state index contributed by atoms with van der Waals surface area (Å²) in [6, 6.07) is 0.418. The lowest BCUT2D eigenvalue weighted by Crippen LogP contribution is -2.50. The van der Waals surface area contributed by atoms with Gasteiger partial charge in [-0.3, -0.25) is 9.69 Å². The standard InChI is InChI=1S/C9H17NO2/c1-7-6-12-5-4-10(7)8(2)9(3)11/h7-8H,4-6H2,1-3H3. The van der Waals surface area contributed by atoms with Crippen molar-refractivity contribution in [3.63, 3.8) is 0 Å². The van der Waals surface area contributed by atoms with E-state index in [9.17, 15) is 4.79 Å². The molecule has 0 aromatic carbocycles. The Hall–Kier alpha value is -0.410. The number of hydrogen-bond donors (Lipinski definition) is 0. The number of ketones is 1. The van der Waals surface area contributed by atoms with Gasteiger partial charge in [0.05, 0.1) is 19.3 Å². The number of ether oxygens (including phenoxy) is 1. The number of Topliss-reactive ketones (excluding diaryl/α,β-unsaturated/α-hetero) is 1. The highest BCUT2D eigenvalue weighted by Gasteiger charge is 2.25. The summed E-state index contributed by atoms with van der Waals surface area (Å²) in [7, 11) is 0. The fourth-order valence-electron chi connectivity index (χ4n) is 1.55. The molecule has 0 spiro atoms. The molecule has 3 heteroatoms. The van der Waals surface area contributed by atoms with Gasteiger partial charge in [-0.25, -0.2) is 0 Å². The van der Waals surface area contributed by atoms with E-state index in [1.165, 1.54) is 0 Å². The van der Waals surface area contributed by atoms with Crippen LogP contribution in [0.4, 0.5) is 0 Å². The largest absolute Gasteiger partial charge is 0.379 e. The van der Waals surface area contributed by atoms with Gasteiger partial charge in [-0.1, -0.05) is 0 Å². The van der Waals surface area contributed by atoms with Crippen molar-refractivity contribution < 1.29 is 9.53 Å². The molecule has 0 saturated carbocycles. The molecule has 1 rings (SSSR count). The normalized spacial score (nSPS) is 28.4. The van der Waals surface area contributed by atoms with E-state index in [0.717, 1.165) is 19.8 Å². The fraction of sp³-hybridized carbons (Fsp3) is 0.889. The van der Waals surface area contributed by atoms with Gasteiger partial charge in [0.15, 0.2) is 0 Å². The average molecular weight is 171 g/mol. The van der Waals surface area contributed by atoms with E-state index in [0.29, 0.717) is 6.04 Å². The lowest BCUT2D eigenvalue weighted by molar-refractivity contribution is -0.125. The zero-order chi connectivity index (χ0) is 9.14. The van der Waals surface area contributed by atoms with Gasteiger partial charge in [-0.15, -0.1) is 0 Å². The van der Waals surface area contributed by atoms with Crippen molar-refractivity contribution in [3.8, 4) is 0 Å². The Morgan fingerprint density at radius 2 is 2.33 bits per heavy atom. The third-order valence-corrected chi connectivity index (χ3v) is 2.50. The molecular formula is C9H17NO2. The molecule has 12 heavy (non-hydrogen) atoms. The van der Waals surface area contributed by atoms with Crippen LogP contribution in [0.1, 0.15) is 20.8 Å². The number of rotatable bonds is 2. The maximum absolute atomic E-state index is 11.1. The fourth-order valence-corrected chi connectivity index (χ4v) is 1.55. The third-order valence-electron chi connectivity index (χ3n) is 2.50. The first-order chi connectivity index (χ1) is 5.63. The van der Waals surface area contributed by atoms with E-state index in [-0.39, 0.29) is 11.8 Å². The monoisotopic (exact) mass is 171 g/mol. The predicted octanol–water partition coefficient (Wildman–Crippen LogP) is 0.685. The highest BCUT2D eigenvalue weighted by atomic mass is 16.5. The van der Waals surface area contributed by atoms with Crippen LogP contribution in [0.3, 0.4) is 0 Å². The van der Waals surface area contributed by atoms with Crippen molar-refractivity contribution in [1.29, 1.82) is 0 Å². The van der Waals surface area contributed by atoms with E-state index in [1.807, 2.05) is 6.92 Å². The summed E-state index contributed by atoms with van der Waals surface area (Å²) in [6.07, 6.45) is 0.